The fourth-order valence-electron chi connectivity index (χ4n) is 1.62. The van der Waals surface area contributed by atoms with Crippen LogP contribution in [-0.2, 0) is 0 Å². The number of benzene rings is 1. The molecule has 0 spiro atoms. The molecule has 0 radical (unpaired) electrons. The number of hydrogen-bond acceptors (Lipinski definition) is 4. The second-order valence-corrected chi connectivity index (χ2v) is 3.76. The van der Waals surface area contributed by atoms with E-state index in [1.165, 1.54) is 5.56 Å². The number of rotatable bonds is 4. The molecule has 0 aliphatic rings. The molecule has 0 unspecified atom stereocenters. The van der Waals surface area contributed by atoms with Crippen LogP contribution >= 0.6 is 0 Å². The lowest BCUT2D eigenvalue weighted by molar-refractivity contribution is 0.311. The number of aliphatic hydroxyl groups is 1. The van der Waals surface area contributed by atoms with Crippen LogP contribution in [0.4, 0.5) is 5.95 Å². The second kappa shape index (κ2) is 5.41. The van der Waals surface area contributed by atoms with Gasteiger partial charge in [-0.15, -0.1) is 0 Å². The Bertz CT molecular complexity index is 482. The minimum absolute atomic E-state index is 0.0723. The maximum Gasteiger partial charge on any atom is 0.222 e. The first-order valence-electron chi connectivity index (χ1n) is 5.54. The lowest BCUT2D eigenvalue weighted by Gasteiger charge is -2.06. The normalized spacial score (nSPS) is 10.2. The highest BCUT2D eigenvalue weighted by Crippen LogP contribution is 2.21. The first-order valence-corrected chi connectivity index (χ1v) is 5.54. The Morgan fingerprint density at radius 2 is 1.88 bits per heavy atom. The lowest BCUT2D eigenvalue weighted by Crippen LogP contribution is -2.08. The molecule has 1 aromatic carbocycles. The summed E-state index contributed by atoms with van der Waals surface area (Å²) in [6, 6.07) is 8.12. The number of aliphatic hydroxyl groups excluding tert-OH is 1. The van der Waals surface area contributed by atoms with Crippen molar-refractivity contribution in [3.63, 3.8) is 0 Å². The molecule has 0 fully saturated rings. The van der Waals surface area contributed by atoms with Gasteiger partial charge >= 0.3 is 0 Å². The predicted octanol–water partition coefficient (Wildman–Crippen LogP) is 1.86. The van der Waals surface area contributed by atoms with Crippen molar-refractivity contribution in [1.82, 2.24) is 9.97 Å². The van der Waals surface area contributed by atoms with Crippen LogP contribution in [0, 0.1) is 6.92 Å². The summed E-state index contributed by atoms with van der Waals surface area (Å²) in [5, 5.41) is 11.6. The van der Waals surface area contributed by atoms with Gasteiger partial charge in [0.1, 0.15) is 0 Å². The molecule has 4 heteroatoms. The van der Waals surface area contributed by atoms with Gasteiger partial charge in [-0.1, -0.05) is 24.3 Å². The van der Waals surface area contributed by atoms with Gasteiger partial charge in [-0.05, 0) is 18.1 Å². The van der Waals surface area contributed by atoms with Crippen LogP contribution in [0.5, 0.6) is 0 Å². The van der Waals surface area contributed by atoms with E-state index in [1.54, 1.807) is 12.4 Å². The lowest BCUT2D eigenvalue weighted by atomic mass is 10.0. The van der Waals surface area contributed by atoms with E-state index in [4.69, 9.17) is 5.11 Å². The average Bonchev–Trinajstić information content (AvgIpc) is 2.38. The molecule has 2 N–H and O–H groups in total. The Kier molecular flexibility index (Phi) is 3.67. The first kappa shape index (κ1) is 11.5. The monoisotopic (exact) mass is 229 g/mol. The summed E-state index contributed by atoms with van der Waals surface area (Å²) in [7, 11) is 0. The van der Waals surface area contributed by atoms with Crippen molar-refractivity contribution in [2.45, 2.75) is 6.92 Å². The quantitative estimate of drug-likeness (QED) is 0.840. The minimum Gasteiger partial charge on any atom is -0.395 e. The van der Waals surface area contributed by atoms with Crippen molar-refractivity contribution < 1.29 is 5.11 Å². The molecular weight excluding hydrogens is 214 g/mol. The summed E-state index contributed by atoms with van der Waals surface area (Å²) >= 11 is 0. The minimum atomic E-state index is 0.0723. The highest BCUT2D eigenvalue weighted by atomic mass is 16.3. The number of aromatic nitrogens is 2. The molecule has 0 aliphatic carbocycles. The fraction of sp³-hybridized carbons (Fsp3) is 0.231. The van der Waals surface area contributed by atoms with E-state index < -0.39 is 0 Å². The average molecular weight is 229 g/mol. The van der Waals surface area contributed by atoms with E-state index in [0.717, 1.165) is 11.1 Å². The molecule has 4 nitrogen and oxygen atoms in total. The molecule has 0 saturated heterocycles. The third kappa shape index (κ3) is 2.79. The zero-order valence-corrected chi connectivity index (χ0v) is 9.72. The van der Waals surface area contributed by atoms with E-state index in [2.05, 4.69) is 34.3 Å². The molecule has 2 rings (SSSR count). The molecule has 0 saturated carbocycles. The molecule has 88 valence electrons. The number of nitrogens with one attached hydrogen (secondary N) is 1. The van der Waals surface area contributed by atoms with Crippen molar-refractivity contribution in [3.8, 4) is 11.1 Å². The van der Waals surface area contributed by atoms with Gasteiger partial charge < -0.3 is 10.4 Å². The molecule has 2 aromatic rings. The summed E-state index contributed by atoms with van der Waals surface area (Å²) in [4.78, 5) is 8.40. The largest absolute Gasteiger partial charge is 0.395 e. The maximum absolute atomic E-state index is 8.68. The Hall–Kier alpha value is -1.94. The molecule has 1 aromatic heterocycles. The van der Waals surface area contributed by atoms with Crippen LogP contribution in [0.15, 0.2) is 36.7 Å². The number of hydrogen-bond donors (Lipinski definition) is 2. The van der Waals surface area contributed by atoms with Crippen molar-refractivity contribution in [1.29, 1.82) is 0 Å². The molecule has 0 aliphatic heterocycles. The molecule has 0 bridgehead atoms. The molecule has 0 atom stereocenters. The summed E-state index contributed by atoms with van der Waals surface area (Å²) in [5.41, 5.74) is 3.34. The van der Waals surface area contributed by atoms with Gasteiger partial charge in [-0.2, -0.15) is 0 Å². The van der Waals surface area contributed by atoms with Crippen molar-refractivity contribution >= 4 is 5.95 Å². The summed E-state index contributed by atoms with van der Waals surface area (Å²) in [6.07, 6.45) is 3.57. The van der Waals surface area contributed by atoms with E-state index in [1.807, 2.05) is 12.1 Å². The number of anilines is 1. The van der Waals surface area contributed by atoms with Gasteiger partial charge in [0.05, 0.1) is 6.61 Å². The van der Waals surface area contributed by atoms with Crippen molar-refractivity contribution in [3.05, 3.63) is 42.2 Å². The van der Waals surface area contributed by atoms with E-state index >= 15 is 0 Å². The Labute approximate surface area is 100 Å². The summed E-state index contributed by atoms with van der Waals surface area (Å²) < 4.78 is 0. The Morgan fingerprint density at radius 3 is 2.53 bits per heavy atom. The third-order valence-corrected chi connectivity index (χ3v) is 2.50. The predicted molar refractivity (Wildman–Crippen MR) is 67.8 cm³/mol. The van der Waals surface area contributed by atoms with Gasteiger partial charge in [0.25, 0.3) is 0 Å². The second-order valence-electron chi connectivity index (χ2n) is 3.76. The van der Waals surface area contributed by atoms with Crippen LogP contribution in [-0.4, -0.2) is 28.2 Å². The topological polar surface area (TPSA) is 58.0 Å². The SMILES string of the molecule is Cc1ccccc1-c1cnc(NCCO)nc1. The summed E-state index contributed by atoms with van der Waals surface area (Å²) in [5.74, 6) is 0.538. The van der Waals surface area contributed by atoms with Gasteiger partial charge in [-0.3, -0.25) is 0 Å². The highest BCUT2D eigenvalue weighted by molar-refractivity contribution is 5.65. The van der Waals surface area contributed by atoms with Gasteiger partial charge in [0, 0.05) is 24.5 Å². The van der Waals surface area contributed by atoms with Crippen LogP contribution in [0.2, 0.25) is 0 Å². The molecular formula is C13H15N3O. The zero-order valence-electron chi connectivity index (χ0n) is 9.72. The summed E-state index contributed by atoms with van der Waals surface area (Å²) in [6.45, 7) is 2.60. The van der Waals surface area contributed by atoms with Crippen molar-refractivity contribution in [2.75, 3.05) is 18.5 Å². The van der Waals surface area contributed by atoms with E-state index in [-0.39, 0.29) is 6.61 Å². The standard InChI is InChI=1S/C13H15N3O/c1-10-4-2-3-5-12(10)11-8-15-13(16-9-11)14-6-7-17/h2-5,8-9,17H,6-7H2,1H3,(H,14,15,16). The third-order valence-electron chi connectivity index (χ3n) is 2.50. The Morgan fingerprint density at radius 1 is 1.18 bits per heavy atom. The van der Waals surface area contributed by atoms with Crippen LogP contribution < -0.4 is 5.32 Å². The van der Waals surface area contributed by atoms with Gasteiger partial charge in [0.2, 0.25) is 5.95 Å². The number of nitrogens with zero attached hydrogens (tertiary/aromatic N) is 2. The maximum atomic E-state index is 8.68. The van der Waals surface area contributed by atoms with E-state index in [0.29, 0.717) is 12.5 Å². The number of aryl methyl sites for hydroxylation is 1. The fourth-order valence-corrected chi connectivity index (χ4v) is 1.62. The molecule has 0 amide bonds. The van der Waals surface area contributed by atoms with Crippen LogP contribution in [0.25, 0.3) is 11.1 Å². The highest BCUT2D eigenvalue weighted by Gasteiger charge is 2.02. The Balaban J connectivity index is 2.21. The molecule has 17 heavy (non-hydrogen) atoms. The molecule has 1 heterocycles. The van der Waals surface area contributed by atoms with Gasteiger partial charge in [0.15, 0.2) is 0 Å². The smallest absolute Gasteiger partial charge is 0.222 e. The van der Waals surface area contributed by atoms with Crippen LogP contribution in [0.1, 0.15) is 5.56 Å². The van der Waals surface area contributed by atoms with Crippen LogP contribution in [0.3, 0.4) is 0 Å². The zero-order chi connectivity index (χ0) is 12.1. The van der Waals surface area contributed by atoms with E-state index in [9.17, 15) is 0 Å². The van der Waals surface area contributed by atoms with Gasteiger partial charge in [-0.25, -0.2) is 9.97 Å². The van der Waals surface area contributed by atoms with Crippen molar-refractivity contribution in [2.24, 2.45) is 0 Å². The first-order chi connectivity index (χ1) is 8.31.